The number of hydrogen-bond acceptors (Lipinski definition) is 5. The lowest BCUT2D eigenvalue weighted by molar-refractivity contribution is 0.143. The molecule has 0 aromatic carbocycles. The Kier molecular flexibility index (Phi) is 4.47. The number of hydrogen-bond donors (Lipinski definition) is 1. The molecular formula is C15H24N4O. The fraction of sp³-hybridized carbons (Fsp3) is 0.733. The molecule has 1 aromatic heterocycles. The molecule has 1 aliphatic carbocycles. The third kappa shape index (κ3) is 3.67. The Balaban J connectivity index is 1.61. The van der Waals surface area contributed by atoms with Gasteiger partial charge < -0.3 is 15.0 Å². The molecule has 0 amide bonds. The molecule has 0 radical (unpaired) electrons. The molecule has 1 atom stereocenters. The summed E-state index contributed by atoms with van der Waals surface area (Å²) < 4.78 is 5.29. The Morgan fingerprint density at radius 3 is 3.05 bits per heavy atom. The van der Waals surface area contributed by atoms with E-state index in [9.17, 15) is 0 Å². The molecule has 5 heteroatoms. The molecule has 110 valence electrons. The maximum atomic E-state index is 5.29. The highest BCUT2D eigenvalue weighted by Crippen LogP contribution is 2.22. The van der Waals surface area contributed by atoms with Gasteiger partial charge in [-0.25, -0.2) is 4.98 Å². The highest BCUT2D eigenvalue weighted by atomic mass is 16.5. The minimum absolute atomic E-state index is 0.615. The number of piperidine rings is 1. The zero-order chi connectivity index (χ0) is 13.8. The Morgan fingerprint density at radius 1 is 1.35 bits per heavy atom. The number of ether oxygens (including phenoxy) is 1. The molecule has 2 aliphatic rings. The second-order valence-electron chi connectivity index (χ2n) is 5.93. The summed E-state index contributed by atoms with van der Waals surface area (Å²) in [4.78, 5) is 11.5. The van der Waals surface area contributed by atoms with Gasteiger partial charge in [0.1, 0.15) is 5.82 Å². The number of rotatable bonds is 6. The predicted octanol–water partition coefficient (Wildman–Crippen LogP) is 1.59. The van der Waals surface area contributed by atoms with E-state index in [2.05, 4.69) is 15.2 Å². The van der Waals surface area contributed by atoms with Crippen LogP contribution in [-0.2, 0) is 11.3 Å². The Labute approximate surface area is 120 Å². The van der Waals surface area contributed by atoms with Crippen molar-refractivity contribution < 1.29 is 4.74 Å². The molecule has 0 bridgehead atoms. The predicted molar refractivity (Wildman–Crippen MR) is 78.7 cm³/mol. The van der Waals surface area contributed by atoms with Gasteiger partial charge in [0.25, 0.3) is 0 Å². The van der Waals surface area contributed by atoms with Crippen LogP contribution in [0.1, 0.15) is 31.4 Å². The molecule has 1 unspecified atom stereocenters. The topological polar surface area (TPSA) is 50.3 Å². The van der Waals surface area contributed by atoms with Gasteiger partial charge >= 0.3 is 0 Å². The Bertz CT molecular complexity index is 434. The summed E-state index contributed by atoms with van der Waals surface area (Å²) in [6, 6.07) is 0.710. The van der Waals surface area contributed by atoms with Gasteiger partial charge in [-0.15, -0.1) is 0 Å². The second-order valence-corrected chi connectivity index (χ2v) is 5.93. The van der Waals surface area contributed by atoms with Crippen LogP contribution in [0.3, 0.4) is 0 Å². The molecule has 1 saturated carbocycles. The van der Waals surface area contributed by atoms with Crippen molar-refractivity contribution in [3.05, 3.63) is 18.1 Å². The summed E-state index contributed by atoms with van der Waals surface area (Å²) in [6.45, 7) is 3.78. The van der Waals surface area contributed by atoms with Gasteiger partial charge in [0.15, 0.2) is 0 Å². The summed E-state index contributed by atoms with van der Waals surface area (Å²) in [5.74, 6) is 1.63. The average Bonchev–Trinajstić information content (AvgIpc) is 3.30. The minimum atomic E-state index is 0.615. The molecule has 1 aromatic rings. The first-order valence-electron chi connectivity index (χ1n) is 7.63. The number of anilines is 1. The van der Waals surface area contributed by atoms with E-state index in [4.69, 9.17) is 9.72 Å². The van der Waals surface area contributed by atoms with Crippen molar-refractivity contribution in [2.75, 3.05) is 31.7 Å². The fourth-order valence-corrected chi connectivity index (χ4v) is 2.81. The van der Waals surface area contributed by atoms with Gasteiger partial charge in [0.2, 0.25) is 0 Å². The van der Waals surface area contributed by atoms with Crippen LogP contribution in [0.25, 0.3) is 0 Å². The van der Waals surface area contributed by atoms with Gasteiger partial charge in [0, 0.05) is 39.0 Å². The second kappa shape index (κ2) is 6.50. The smallest absolute Gasteiger partial charge is 0.147 e. The van der Waals surface area contributed by atoms with Crippen LogP contribution in [0.15, 0.2) is 12.4 Å². The first kappa shape index (κ1) is 13.8. The van der Waals surface area contributed by atoms with Crippen LogP contribution in [0.2, 0.25) is 0 Å². The first-order valence-corrected chi connectivity index (χ1v) is 7.63. The minimum Gasteiger partial charge on any atom is -0.384 e. The molecule has 1 N–H and O–H groups in total. The molecule has 20 heavy (non-hydrogen) atoms. The largest absolute Gasteiger partial charge is 0.384 e. The van der Waals surface area contributed by atoms with Crippen molar-refractivity contribution in [2.45, 2.75) is 38.3 Å². The van der Waals surface area contributed by atoms with Crippen LogP contribution in [-0.4, -0.2) is 42.8 Å². The Hall–Kier alpha value is -1.20. The lowest BCUT2D eigenvalue weighted by atomic mass is 9.99. The van der Waals surface area contributed by atoms with E-state index in [0.717, 1.165) is 37.8 Å². The van der Waals surface area contributed by atoms with E-state index in [1.54, 1.807) is 7.11 Å². The molecule has 5 nitrogen and oxygen atoms in total. The lowest BCUT2D eigenvalue weighted by Crippen LogP contribution is -2.37. The van der Waals surface area contributed by atoms with Gasteiger partial charge in [-0.1, -0.05) is 0 Å². The summed E-state index contributed by atoms with van der Waals surface area (Å²) in [6.07, 6.45) is 8.82. The molecular weight excluding hydrogens is 252 g/mol. The summed E-state index contributed by atoms with van der Waals surface area (Å²) >= 11 is 0. The van der Waals surface area contributed by atoms with Gasteiger partial charge in [0.05, 0.1) is 18.5 Å². The van der Waals surface area contributed by atoms with E-state index in [1.165, 1.54) is 25.7 Å². The van der Waals surface area contributed by atoms with E-state index < -0.39 is 0 Å². The molecule has 0 spiro atoms. The monoisotopic (exact) mass is 276 g/mol. The normalized spacial score (nSPS) is 23.1. The van der Waals surface area contributed by atoms with E-state index >= 15 is 0 Å². The molecule has 2 fully saturated rings. The van der Waals surface area contributed by atoms with Crippen LogP contribution in [0, 0.1) is 5.92 Å². The quantitative estimate of drug-likeness (QED) is 0.855. The van der Waals surface area contributed by atoms with Crippen molar-refractivity contribution >= 4 is 5.82 Å². The Morgan fingerprint density at radius 2 is 2.25 bits per heavy atom. The summed E-state index contributed by atoms with van der Waals surface area (Å²) in [5.41, 5.74) is 1.04. The standard InChI is InChI=1S/C15H24N4O/c1-20-11-12-3-2-6-19(10-12)15-9-16-7-14(18-15)8-17-13-4-5-13/h7,9,12-13,17H,2-6,8,10-11H2,1H3. The number of nitrogens with zero attached hydrogens (tertiary/aromatic N) is 3. The van der Waals surface area contributed by atoms with Crippen molar-refractivity contribution in [2.24, 2.45) is 5.92 Å². The van der Waals surface area contributed by atoms with E-state index in [-0.39, 0.29) is 0 Å². The summed E-state index contributed by atoms with van der Waals surface area (Å²) in [7, 11) is 1.78. The maximum Gasteiger partial charge on any atom is 0.147 e. The van der Waals surface area contributed by atoms with Crippen molar-refractivity contribution in [1.29, 1.82) is 0 Å². The van der Waals surface area contributed by atoms with E-state index in [0.29, 0.717) is 12.0 Å². The average molecular weight is 276 g/mol. The van der Waals surface area contributed by atoms with Crippen LogP contribution < -0.4 is 10.2 Å². The molecule has 1 saturated heterocycles. The number of methoxy groups -OCH3 is 1. The highest BCUT2D eigenvalue weighted by molar-refractivity contribution is 5.37. The van der Waals surface area contributed by atoms with Gasteiger partial charge in [-0.05, 0) is 31.6 Å². The summed E-state index contributed by atoms with van der Waals surface area (Å²) in [5, 5.41) is 3.49. The first-order chi connectivity index (χ1) is 9.85. The molecule has 1 aliphatic heterocycles. The van der Waals surface area contributed by atoms with Crippen LogP contribution in [0.5, 0.6) is 0 Å². The zero-order valence-electron chi connectivity index (χ0n) is 12.2. The van der Waals surface area contributed by atoms with Crippen LogP contribution in [0.4, 0.5) is 5.82 Å². The third-order valence-electron chi connectivity index (χ3n) is 4.07. The number of aromatic nitrogens is 2. The van der Waals surface area contributed by atoms with Crippen molar-refractivity contribution in [3.63, 3.8) is 0 Å². The van der Waals surface area contributed by atoms with E-state index in [1.807, 2.05) is 12.4 Å². The maximum absolute atomic E-state index is 5.29. The fourth-order valence-electron chi connectivity index (χ4n) is 2.81. The highest BCUT2D eigenvalue weighted by Gasteiger charge is 2.22. The van der Waals surface area contributed by atoms with Gasteiger partial charge in [-0.2, -0.15) is 0 Å². The lowest BCUT2D eigenvalue weighted by Gasteiger charge is -2.33. The van der Waals surface area contributed by atoms with Crippen molar-refractivity contribution in [1.82, 2.24) is 15.3 Å². The molecule has 2 heterocycles. The van der Waals surface area contributed by atoms with Crippen molar-refractivity contribution in [3.8, 4) is 0 Å². The van der Waals surface area contributed by atoms with Crippen LogP contribution >= 0.6 is 0 Å². The van der Waals surface area contributed by atoms with Gasteiger partial charge in [-0.3, -0.25) is 4.98 Å². The SMILES string of the molecule is COCC1CCCN(c2cncc(CNC3CC3)n2)C1. The third-order valence-corrected chi connectivity index (χ3v) is 4.07. The zero-order valence-corrected chi connectivity index (χ0v) is 12.2. The molecule has 3 rings (SSSR count). The number of nitrogens with one attached hydrogen (secondary N) is 1.